The summed E-state index contributed by atoms with van der Waals surface area (Å²) in [4.78, 5) is 25.3. The first-order valence-corrected chi connectivity index (χ1v) is 5.78. The standard InChI is InChI=1S/C14H14N2O3/c1-8-4-3-5-11(9(8)2)16-14(19)10-7-15-13(18)6-12(10)17/h3-7H,1-2H3,(H,16,19)(H2,15,17,18). The molecule has 2 aromatic rings. The van der Waals surface area contributed by atoms with Crippen molar-refractivity contribution < 1.29 is 9.90 Å². The molecule has 5 heteroatoms. The lowest BCUT2D eigenvalue weighted by Crippen LogP contribution is -2.15. The molecule has 1 amide bonds. The zero-order valence-electron chi connectivity index (χ0n) is 10.7. The van der Waals surface area contributed by atoms with Crippen LogP contribution in [0.5, 0.6) is 5.75 Å². The number of hydrogen-bond acceptors (Lipinski definition) is 3. The molecule has 1 heterocycles. The molecule has 0 bridgehead atoms. The van der Waals surface area contributed by atoms with E-state index in [1.54, 1.807) is 6.07 Å². The Labute approximate surface area is 109 Å². The molecular formula is C14H14N2O3. The first kappa shape index (κ1) is 12.9. The van der Waals surface area contributed by atoms with Crippen LogP contribution in [-0.2, 0) is 0 Å². The van der Waals surface area contributed by atoms with Gasteiger partial charge < -0.3 is 15.4 Å². The molecule has 0 saturated heterocycles. The van der Waals surface area contributed by atoms with Crippen LogP contribution < -0.4 is 10.9 Å². The smallest absolute Gasteiger partial charge is 0.260 e. The molecule has 1 aromatic heterocycles. The lowest BCUT2D eigenvalue weighted by atomic mass is 10.1. The average Bonchev–Trinajstić information content (AvgIpc) is 2.34. The summed E-state index contributed by atoms with van der Waals surface area (Å²) >= 11 is 0. The second-order valence-corrected chi connectivity index (χ2v) is 4.30. The molecular weight excluding hydrogens is 244 g/mol. The van der Waals surface area contributed by atoms with Gasteiger partial charge in [-0.25, -0.2) is 0 Å². The van der Waals surface area contributed by atoms with Gasteiger partial charge in [0.05, 0.1) is 5.56 Å². The molecule has 0 radical (unpaired) electrons. The summed E-state index contributed by atoms with van der Waals surface area (Å²) in [7, 11) is 0. The number of nitrogens with one attached hydrogen (secondary N) is 2. The van der Waals surface area contributed by atoms with E-state index in [-0.39, 0.29) is 11.3 Å². The molecule has 5 nitrogen and oxygen atoms in total. The van der Waals surface area contributed by atoms with Gasteiger partial charge in [0.2, 0.25) is 0 Å². The van der Waals surface area contributed by atoms with Crippen LogP contribution in [0.25, 0.3) is 0 Å². The van der Waals surface area contributed by atoms with Gasteiger partial charge in [-0.1, -0.05) is 12.1 Å². The highest BCUT2D eigenvalue weighted by molar-refractivity contribution is 6.06. The molecule has 1 aromatic carbocycles. The summed E-state index contributed by atoms with van der Waals surface area (Å²) in [5.41, 5.74) is 2.26. The monoisotopic (exact) mass is 258 g/mol. The van der Waals surface area contributed by atoms with Crippen LogP contribution >= 0.6 is 0 Å². The van der Waals surface area contributed by atoms with Crippen LogP contribution in [0.4, 0.5) is 5.69 Å². The van der Waals surface area contributed by atoms with Crippen LogP contribution in [0.2, 0.25) is 0 Å². The highest BCUT2D eigenvalue weighted by Gasteiger charge is 2.13. The Bertz CT molecular complexity index is 689. The van der Waals surface area contributed by atoms with Crippen molar-refractivity contribution >= 4 is 11.6 Å². The Balaban J connectivity index is 2.31. The number of aromatic amines is 1. The Hall–Kier alpha value is -2.56. The summed E-state index contributed by atoms with van der Waals surface area (Å²) in [5.74, 6) is -0.811. The third-order valence-electron chi connectivity index (χ3n) is 3.00. The van der Waals surface area contributed by atoms with E-state index in [4.69, 9.17) is 0 Å². The van der Waals surface area contributed by atoms with Gasteiger partial charge in [-0.2, -0.15) is 0 Å². The summed E-state index contributed by atoms with van der Waals surface area (Å²) in [6.45, 7) is 3.85. The van der Waals surface area contributed by atoms with Gasteiger partial charge in [-0.3, -0.25) is 9.59 Å². The SMILES string of the molecule is Cc1cccc(NC(=O)c2c[nH]c(=O)cc2O)c1C. The lowest BCUT2D eigenvalue weighted by molar-refractivity contribution is 0.102. The number of benzene rings is 1. The predicted molar refractivity (Wildman–Crippen MR) is 72.6 cm³/mol. The molecule has 2 rings (SSSR count). The normalized spacial score (nSPS) is 10.2. The van der Waals surface area contributed by atoms with Crippen molar-refractivity contribution in [1.29, 1.82) is 0 Å². The number of aromatic nitrogens is 1. The molecule has 0 aliphatic rings. The molecule has 0 fully saturated rings. The van der Waals surface area contributed by atoms with E-state index >= 15 is 0 Å². The van der Waals surface area contributed by atoms with Crippen LogP contribution in [0.1, 0.15) is 21.5 Å². The van der Waals surface area contributed by atoms with Crippen molar-refractivity contribution in [2.45, 2.75) is 13.8 Å². The fourth-order valence-electron chi connectivity index (χ4n) is 1.72. The summed E-state index contributed by atoms with van der Waals surface area (Å²) in [5, 5.41) is 12.3. The number of aryl methyl sites for hydroxylation is 1. The third-order valence-corrected chi connectivity index (χ3v) is 3.00. The molecule has 0 aliphatic heterocycles. The topological polar surface area (TPSA) is 82.2 Å². The van der Waals surface area contributed by atoms with Crippen molar-refractivity contribution in [2.75, 3.05) is 5.32 Å². The number of H-pyrrole nitrogens is 1. The van der Waals surface area contributed by atoms with Gasteiger partial charge in [0.1, 0.15) is 5.75 Å². The first-order chi connectivity index (χ1) is 8.99. The van der Waals surface area contributed by atoms with Crippen molar-refractivity contribution in [3.63, 3.8) is 0 Å². The number of aromatic hydroxyl groups is 1. The summed E-state index contributed by atoms with van der Waals surface area (Å²) in [6, 6.07) is 6.54. The zero-order chi connectivity index (χ0) is 14.0. The number of hydrogen-bond donors (Lipinski definition) is 3. The molecule has 0 spiro atoms. The summed E-state index contributed by atoms with van der Waals surface area (Å²) in [6.07, 6.45) is 1.19. The van der Waals surface area contributed by atoms with Crippen molar-refractivity contribution in [1.82, 2.24) is 4.98 Å². The Morgan fingerprint density at radius 3 is 2.74 bits per heavy atom. The van der Waals surface area contributed by atoms with E-state index in [0.29, 0.717) is 5.69 Å². The molecule has 0 atom stereocenters. The van der Waals surface area contributed by atoms with E-state index in [0.717, 1.165) is 17.2 Å². The molecule has 3 N–H and O–H groups in total. The van der Waals surface area contributed by atoms with Crippen molar-refractivity contribution in [3.05, 3.63) is 57.5 Å². The van der Waals surface area contributed by atoms with E-state index < -0.39 is 11.5 Å². The molecule has 98 valence electrons. The number of rotatable bonds is 2. The van der Waals surface area contributed by atoms with Gasteiger partial charge in [-0.15, -0.1) is 0 Å². The van der Waals surface area contributed by atoms with E-state index in [1.165, 1.54) is 6.20 Å². The highest BCUT2D eigenvalue weighted by Crippen LogP contribution is 2.20. The van der Waals surface area contributed by atoms with Gasteiger partial charge in [0, 0.05) is 18.0 Å². The summed E-state index contributed by atoms with van der Waals surface area (Å²) < 4.78 is 0. The van der Waals surface area contributed by atoms with E-state index in [2.05, 4.69) is 10.3 Å². The maximum Gasteiger partial charge on any atom is 0.260 e. The number of amides is 1. The van der Waals surface area contributed by atoms with Gasteiger partial charge in [-0.05, 0) is 31.0 Å². The third kappa shape index (κ3) is 2.65. The highest BCUT2D eigenvalue weighted by atomic mass is 16.3. The van der Waals surface area contributed by atoms with Crippen LogP contribution in [-0.4, -0.2) is 16.0 Å². The maximum atomic E-state index is 12.0. The van der Waals surface area contributed by atoms with Gasteiger partial charge >= 0.3 is 0 Å². The maximum absolute atomic E-state index is 12.0. The van der Waals surface area contributed by atoms with Crippen LogP contribution in [0.3, 0.4) is 0 Å². The Kier molecular flexibility index (Phi) is 3.37. The largest absolute Gasteiger partial charge is 0.507 e. The molecule has 0 saturated carbocycles. The van der Waals surface area contributed by atoms with E-state index in [1.807, 2.05) is 26.0 Å². The molecule has 19 heavy (non-hydrogen) atoms. The van der Waals surface area contributed by atoms with Gasteiger partial charge in [0.25, 0.3) is 11.5 Å². The van der Waals surface area contributed by atoms with Gasteiger partial charge in [0.15, 0.2) is 0 Å². The second kappa shape index (κ2) is 4.97. The van der Waals surface area contributed by atoms with Crippen LogP contribution in [0, 0.1) is 13.8 Å². The Morgan fingerprint density at radius 1 is 1.32 bits per heavy atom. The predicted octanol–water partition coefficient (Wildman–Crippen LogP) is 1.95. The Morgan fingerprint density at radius 2 is 2.05 bits per heavy atom. The average molecular weight is 258 g/mol. The second-order valence-electron chi connectivity index (χ2n) is 4.30. The first-order valence-electron chi connectivity index (χ1n) is 5.78. The minimum absolute atomic E-state index is 0.0282. The van der Waals surface area contributed by atoms with Crippen LogP contribution in [0.15, 0.2) is 35.3 Å². The quantitative estimate of drug-likeness (QED) is 0.770. The zero-order valence-corrected chi connectivity index (χ0v) is 10.7. The fourth-order valence-corrected chi connectivity index (χ4v) is 1.72. The number of anilines is 1. The fraction of sp³-hybridized carbons (Fsp3) is 0.143. The lowest BCUT2D eigenvalue weighted by Gasteiger charge is -2.10. The number of pyridine rings is 1. The molecule has 0 unspecified atom stereocenters. The number of carbonyl (C=O) groups excluding carboxylic acids is 1. The minimum Gasteiger partial charge on any atom is -0.507 e. The minimum atomic E-state index is -0.470. The van der Waals surface area contributed by atoms with E-state index in [9.17, 15) is 14.7 Å². The van der Waals surface area contributed by atoms with Crippen molar-refractivity contribution in [3.8, 4) is 5.75 Å². The molecule has 0 aliphatic carbocycles. The van der Waals surface area contributed by atoms with Crippen molar-refractivity contribution in [2.24, 2.45) is 0 Å². The number of carbonyl (C=O) groups is 1.